The maximum absolute atomic E-state index is 12.5. The van der Waals surface area contributed by atoms with Crippen molar-refractivity contribution in [1.29, 1.82) is 0 Å². The number of nitrogens with one attached hydrogen (secondary N) is 1. The molecule has 0 spiro atoms. The van der Waals surface area contributed by atoms with Crippen LogP contribution in [0.1, 0.15) is 40.2 Å². The Labute approximate surface area is 157 Å². The van der Waals surface area contributed by atoms with Crippen molar-refractivity contribution in [2.24, 2.45) is 5.10 Å². The van der Waals surface area contributed by atoms with E-state index in [-0.39, 0.29) is 23.7 Å². The number of carbonyl (C=O) groups is 2. The van der Waals surface area contributed by atoms with Gasteiger partial charge in [0.1, 0.15) is 17.4 Å². The average Bonchev–Trinajstić information content (AvgIpc) is 2.85. The average molecular weight is 379 g/mol. The van der Waals surface area contributed by atoms with E-state index < -0.39 is 29.4 Å². The minimum Gasteiger partial charge on any atom is -0.504 e. The zero-order valence-electron chi connectivity index (χ0n) is 16.0. The molecule has 1 saturated heterocycles. The fraction of sp³-hybridized carbons (Fsp3) is 0.500. The van der Waals surface area contributed by atoms with E-state index in [4.69, 9.17) is 9.47 Å². The van der Waals surface area contributed by atoms with Crippen molar-refractivity contribution in [2.45, 2.75) is 52.0 Å². The van der Waals surface area contributed by atoms with Crippen LogP contribution in [0.3, 0.4) is 0 Å². The van der Waals surface area contributed by atoms with E-state index in [9.17, 15) is 19.8 Å². The highest BCUT2D eigenvalue weighted by molar-refractivity contribution is 5.89. The van der Waals surface area contributed by atoms with Gasteiger partial charge in [0.25, 0.3) is 5.91 Å². The first-order valence-electron chi connectivity index (χ1n) is 8.42. The van der Waals surface area contributed by atoms with Crippen LogP contribution in [0.5, 0.6) is 11.5 Å². The monoisotopic (exact) mass is 379 g/mol. The second-order valence-electron chi connectivity index (χ2n) is 7.57. The molecule has 1 aromatic rings. The highest BCUT2D eigenvalue weighted by Crippen LogP contribution is 2.30. The van der Waals surface area contributed by atoms with Gasteiger partial charge in [-0.3, -0.25) is 9.69 Å². The Morgan fingerprint density at radius 2 is 2.04 bits per heavy atom. The van der Waals surface area contributed by atoms with Crippen molar-refractivity contribution in [3.05, 3.63) is 23.8 Å². The van der Waals surface area contributed by atoms with E-state index in [0.717, 1.165) is 0 Å². The topological polar surface area (TPSA) is 121 Å². The van der Waals surface area contributed by atoms with E-state index in [1.165, 1.54) is 29.3 Å². The first-order valence-corrected chi connectivity index (χ1v) is 8.42. The van der Waals surface area contributed by atoms with Crippen LogP contribution >= 0.6 is 0 Å². The lowest BCUT2D eigenvalue weighted by Gasteiger charge is -2.34. The minimum absolute atomic E-state index is 0.00896. The highest BCUT2D eigenvalue weighted by atomic mass is 16.6. The van der Waals surface area contributed by atoms with Crippen molar-refractivity contribution in [3.8, 4) is 11.5 Å². The molecule has 0 radical (unpaired) electrons. The normalized spacial score (nSPS) is 19.3. The molecule has 1 heterocycles. The fourth-order valence-electron chi connectivity index (χ4n) is 2.55. The van der Waals surface area contributed by atoms with Crippen molar-refractivity contribution in [3.63, 3.8) is 0 Å². The zero-order valence-corrected chi connectivity index (χ0v) is 16.0. The Balaban J connectivity index is 2.11. The lowest BCUT2D eigenvalue weighted by molar-refractivity contribution is -0.126. The molecule has 9 heteroatoms. The van der Waals surface area contributed by atoms with Gasteiger partial charge in [-0.2, -0.15) is 5.10 Å². The molecular formula is C18H25N3O6. The zero-order chi connectivity index (χ0) is 20.4. The number of phenolic OH excluding ortho intramolecular Hbond substituents is 2. The van der Waals surface area contributed by atoms with Crippen molar-refractivity contribution < 1.29 is 29.3 Å². The van der Waals surface area contributed by atoms with Gasteiger partial charge in [0, 0.05) is 5.56 Å². The third-order valence-corrected chi connectivity index (χ3v) is 3.80. The predicted molar refractivity (Wildman–Crippen MR) is 97.4 cm³/mol. The number of carbonyl (C=O) groups excluding carboxylic acids is 2. The molecule has 2 amide bonds. The maximum atomic E-state index is 12.5. The summed E-state index contributed by atoms with van der Waals surface area (Å²) in [7, 11) is 0. The molecule has 1 atom stereocenters. The number of ether oxygens (including phenoxy) is 2. The highest BCUT2D eigenvalue weighted by Gasteiger charge is 2.48. The standard InChI is InChI=1S/C18H25N3O6/c1-17(2,3)27-16(25)21-12(10-26-18(21,4)5)15(24)20-19-9-11-7-6-8-13(22)14(11)23/h6-9,12,22-23H,10H2,1-5H3,(H,20,24)/b19-9+. The number of para-hydroxylation sites is 1. The molecule has 9 nitrogen and oxygen atoms in total. The SMILES string of the molecule is CC(C)(C)OC(=O)N1C(C(=O)N/N=C/c2cccc(O)c2O)COC1(C)C. The molecule has 1 aliphatic rings. The molecule has 3 N–H and O–H groups in total. The summed E-state index contributed by atoms with van der Waals surface area (Å²) in [6, 6.07) is 3.43. The first kappa shape index (κ1) is 20.5. The molecule has 0 aromatic heterocycles. The van der Waals surface area contributed by atoms with Crippen LogP contribution in [-0.2, 0) is 14.3 Å². The number of hydrazone groups is 1. The molecule has 27 heavy (non-hydrogen) atoms. The van der Waals surface area contributed by atoms with Gasteiger partial charge in [0.2, 0.25) is 0 Å². The van der Waals surface area contributed by atoms with Crippen LogP contribution < -0.4 is 5.43 Å². The van der Waals surface area contributed by atoms with Crippen LogP contribution in [-0.4, -0.2) is 57.3 Å². The second kappa shape index (κ2) is 7.43. The van der Waals surface area contributed by atoms with Gasteiger partial charge in [-0.1, -0.05) is 6.07 Å². The minimum atomic E-state index is -1.02. The molecule has 1 aromatic carbocycles. The molecule has 0 saturated carbocycles. The smallest absolute Gasteiger partial charge is 0.413 e. The molecule has 2 rings (SSSR count). The molecule has 0 bridgehead atoms. The Bertz CT molecular complexity index is 754. The third kappa shape index (κ3) is 4.88. The van der Waals surface area contributed by atoms with Gasteiger partial charge in [0.15, 0.2) is 11.5 Å². The molecule has 1 fully saturated rings. The van der Waals surface area contributed by atoms with Gasteiger partial charge >= 0.3 is 6.09 Å². The molecule has 1 aliphatic heterocycles. The lowest BCUT2D eigenvalue weighted by atomic mass is 10.2. The van der Waals surface area contributed by atoms with E-state index in [1.807, 2.05) is 0 Å². The number of hydrogen-bond donors (Lipinski definition) is 3. The van der Waals surface area contributed by atoms with Gasteiger partial charge < -0.3 is 19.7 Å². The number of rotatable bonds is 3. The number of phenols is 2. The van der Waals surface area contributed by atoms with E-state index in [1.54, 1.807) is 34.6 Å². The second-order valence-corrected chi connectivity index (χ2v) is 7.57. The predicted octanol–water partition coefficient (Wildman–Crippen LogP) is 1.92. The summed E-state index contributed by atoms with van der Waals surface area (Å²) in [6.07, 6.45) is 0.519. The van der Waals surface area contributed by atoms with Gasteiger partial charge in [-0.15, -0.1) is 0 Å². The Morgan fingerprint density at radius 1 is 1.37 bits per heavy atom. The summed E-state index contributed by atoms with van der Waals surface area (Å²) in [5.74, 6) is -1.22. The largest absolute Gasteiger partial charge is 0.504 e. The summed E-state index contributed by atoms with van der Waals surface area (Å²) in [6.45, 7) is 8.52. The fourth-order valence-corrected chi connectivity index (χ4v) is 2.55. The Hall–Kier alpha value is -2.81. The summed E-state index contributed by atoms with van der Waals surface area (Å²) in [5, 5.41) is 23.0. The van der Waals surface area contributed by atoms with Gasteiger partial charge in [-0.25, -0.2) is 10.2 Å². The van der Waals surface area contributed by atoms with Crippen LogP contribution in [0.25, 0.3) is 0 Å². The number of nitrogens with zero attached hydrogens (tertiary/aromatic N) is 2. The van der Waals surface area contributed by atoms with Gasteiger partial charge in [-0.05, 0) is 46.8 Å². The molecule has 0 aliphatic carbocycles. The van der Waals surface area contributed by atoms with Crippen molar-refractivity contribution in [2.75, 3.05) is 6.61 Å². The van der Waals surface area contributed by atoms with Crippen LogP contribution in [0.15, 0.2) is 23.3 Å². The van der Waals surface area contributed by atoms with Crippen LogP contribution in [0.4, 0.5) is 4.79 Å². The summed E-state index contributed by atoms with van der Waals surface area (Å²) in [5.41, 5.74) is 0.801. The lowest BCUT2D eigenvalue weighted by Crippen LogP contribution is -2.54. The molecule has 148 valence electrons. The summed E-state index contributed by atoms with van der Waals surface area (Å²) >= 11 is 0. The number of hydrogen-bond acceptors (Lipinski definition) is 7. The van der Waals surface area contributed by atoms with E-state index in [2.05, 4.69) is 10.5 Å². The summed E-state index contributed by atoms with van der Waals surface area (Å²) < 4.78 is 10.9. The Kier molecular flexibility index (Phi) is 5.65. The Morgan fingerprint density at radius 3 is 2.67 bits per heavy atom. The van der Waals surface area contributed by atoms with Crippen LogP contribution in [0, 0.1) is 0 Å². The molecular weight excluding hydrogens is 354 g/mol. The quantitative estimate of drug-likeness (QED) is 0.419. The van der Waals surface area contributed by atoms with Crippen LogP contribution in [0.2, 0.25) is 0 Å². The first-order chi connectivity index (χ1) is 12.4. The summed E-state index contributed by atoms with van der Waals surface area (Å²) in [4.78, 5) is 26.2. The number of aromatic hydroxyl groups is 2. The number of benzene rings is 1. The molecule has 1 unspecified atom stereocenters. The third-order valence-electron chi connectivity index (χ3n) is 3.80. The maximum Gasteiger partial charge on any atom is 0.413 e. The van der Waals surface area contributed by atoms with E-state index >= 15 is 0 Å². The van der Waals surface area contributed by atoms with E-state index in [0.29, 0.717) is 0 Å². The van der Waals surface area contributed by atoms with Crippen molar-refractivity contribution in [1.82, 2.24) is 10.3 Å². The van der Waals surface area contributed by atoms with Crippen molar-refractivity contribution >= 4 is 18.2 Å². The van der Waals surface area contributed by atoms with Gasteiger partial charge in [0.05, 0.1) is 12.8 Å². The number of amides is 2.